The first-order valence-electron chi connectivity index (χ1n) is 4.80. The molecule has 0 aliphatic rings. The molecule has 0 aliphatic carbocycles. The fourth-order valence-electron chi connectivity index (χ4n) is 1.15. The lowest BCUT2D eigenvalue weighted by molar-refractivity contribution is 0.413. The zero-order chi connectivity index (χ0) is 9.68. The number of nitrogens with zero attached hydrogens (tertiary/aromatic N) is 2. The van der Waals surface area contributed by atoms with E-state index in [-0.39, 0.29) is 0 Å². The van der Waals surface area contributed by atoms with Crippen molar-refractivity contribution in [1.29, 1.82) is 0 Å². The maximum Gasteiger partial charge on any atom is 0.0941 e. The Labute approximate surface area is 84.6 Å². The largest absolute Gasteiger partial charge is 0.309 e. The first-order chi connectivity index (χ1) is 6.22. The summed E-state index contributed by atoms with van der Waals surface area (Å²) >= 11 is 1.79. The van der Waals surface area contributed by atoms with Crippen molar-refractivity contribution in [3.63, 3.8) is 0 Å². The van der Waals surface area contributed by atoms with Gasteiger partial charge in [-0.3, -0.25) is 0 Å². The van der Waals surface area contributed by atoms with E-state index in [1.54, 1.807) is 11.3 Å². The summed E-state index contributed by atoms with van der Waals surface area (Å²) in [5, 5.41) is 3.46. The molecule has 0 N–H and O–H groups in total. The molecule has 0 atom stereocenters. The summed E-state index contributed by atoms with van der Waals surface area (Å²) in [6.45, 7) is 3.29. The van der Waals surface area contributed by atoms with Gasteiger partial charge in [-0.1, -0.05) is 13.3 Å². The average molecular weight is 198 g/mol. The van der Waals surface area contributed by atoms with E-state index < -0.39 is 0 Å². The minimum absolute atomic E-state index is 1.08. The van der Waals surface area contributed by atoms with Crippen molar-refractivity contribution in [3.8, 4) is 0 Å². The normalized spacial score (nSPS) is 11.1. The third-order valence-electron chi connectivity index (χ3n) is 1.88. The van der Waals surface area contributed by atoms with E-state index in [9.17, 15) is 0 Å². The first kappa shape index (κ1) is 10.7. The van der Waals surface area contributed by atoms with Crippen LogP contribution in [0.15, 0.2) is 5.38 Å². The number of likely N-dealkylation sites (N-methyl/N-ethyl adjacent to an activating group) is 1. The topological polar surface area (TPSA) is 16.1 Å². The number of hydrogen-bond donors (Lipinski definition) is 0. The molecule has 0 unspecified atom stereocenters. The molecule has 0 fully saturated rings. The lowest BCUT2D eigenvalue weighted by Gasteiger charge is -2.06. The van der Waals surface area contributed by atoms with E-state index in [0.29, 0.717) is 0 Å². The summed E-state index contributed by atoms with van der Waals surface area (Å²) in [5.41, 5.74) is 1.27. The van der Waals surface area contributed by atoms with Crippen LogP contribution in [-0.2, 0) is 12.8 Å². The maximum atomic E-state index is 4.56. The predicted molar refractivity (Wildman–Crippen MR) is 58.4 cm³/mol. The summed E-state index contributed by atoms with van der Waals surface area (Å²) in [6.07, 6.45) is 3.40. The molecule has 3 heteroatoms. The van der Waals surface area contributed by atoms with Gasteiger partial charge >= 0.3 is 0 Å². The Balaban J connectivity index is 2.39. The number of hydrogen-bond acceptors (Lipinski definition) is 3. The minimum Gasteiger partial charge on any atom is -0.309 e. The highest BCUT2D eigenvalue weighted by molar-refractivity contribution is 7.09. The van der Waals surface area contributed by atoms with Gasteiger partial charge in [0, 0.05) is 18.3 Å². The van der Waals surface area contributed by atoms with Crippen LogP contribution in [0.3, 0.4) is 0 Å². The van der Waals surface area contributed by atoms with Crippen LogP contribution in [0, 0.1) is 0 Å². The average Bonchev–Trinajstić information content (AvgIpc) is 2.50. The van der Waals surface area contributed by atoms with Gasteiger partial charge in [-0.15, -0.1) is 11.3 Å². The van der Waals surface area contributed by atoms with Crippen LogP contribution >= 0.6 is 11.3 Å². The number of aromatic nitrogens is 1. The molecule has 0 aliphatic heterocycles. The van der Waals surface area contributed by atoms with Gasteiger partial charge in [0.25, 0.3) is 0 Å². The van der Waals surface area contributed by atoms with Crippen molar-refractivity contribution < 1.29 is 0 Å². The number of aryl methyl sites for hydroxylation is 1. The Morgan fingerprint density at radius 1 is 1.38 bits per heavy atom. The summed E-state index contributed by atoms with van der Waals surface area (Å²) in [4.78, 5) is 6.76. The second kappa shape index (κ2) is 5.35. The van der Waals surface area contributed by atoms with E-state index in [1.165, 1.54) is 17.1 Å². The van der Waals surface area contributed by atoms with Crippen LogP contribution in [0.25, 0.3) is 0 Å². The van der Waals surface area contributed by atoms with Crippen molar-refractivity contribution in [1.82, 2.24) is 9.88 Å². The SMILES string of the molecule is CCCc1csc(CCN(C)C)n1. The molecule has 0 spiro atoms. The molecule has 0 bridgehead atoms. The standard InChI is InChI=1S/C10H18N2S/c1-4-5-9-8-13-10(11-9)6-7-12(2)3/h8H,4-7H2,1-3H3. The number of rotatable bonds is 5. The molecule has 0 amide bonds. The Morgan fingerprint density at radius 2 is 2.15 bits per heavy atom. The Kier molecular flexibility index (Phi) is 4.39. The van der Waals surface area contributed by atoms with Crippen LogP contribution in [0.1, 0.15) is 24.0 Å². The van der Waals surface area contributed by atoms with Gasteiger partial charge in [0.05, 0.1) is 10.7 Å². The lowest BCUT2D eigenvalue weighted by atomic mass is 10.3. The van der Waals surface area contributed by atoms with Gasteiger partial charge in [-0.05, 0) is 20.5 Å². The zero-order valence-electron chi connectivity index (χ0n) is 8.71. The molecule has 2 nitrogen and oxygen atoms in total. The van der Waals surface area contributed by atoms with Crippen LogP contribution in [0.4, 0.5) is 0 Å². The van der Waals surface area contributed by atoms with Gasteiger partial charge in [0.1, 0.15) is 0 Å². The lowest BCUT2D eigenvalue weighted by Crippen LogP contribution is -2.14. The van der Waals surface area contributed by atoms with Crippen molar-refractivity contribution in [3.05, 3.63) is 16.1 Å². The predicted octanol–water partition coefficient (Wildman–Crippen LogP) is 2.20. The molecule has 0 aromatic carbocycles. The molecule has 1 rings (SSSR count). The van der Waals surface area contributed by atoms with Gasteiger partial charge in [-0.2, -0.15) is 0 Å². The quantitative estimate of drug-likeness (QED) is 0.721. The smallest absolute Gasteiger partial charge is 0.0941 e. The molecule has 0 saturated heterocycles. The molecule has 13 heavy (non-hydrogen) atoms. The fourth-order valence-corrected chi connectivity index (χ4v) is 1.98. The molecule has 1 aromatic heterocycles. The second-order valence-corrected chi connectivity index (χ2v) is 4.48. The fraction of sp³-hybridized carbons (Fsp3) is 0.700. The van der Waals surface area contributed by atoms with Gasteiger partial charge in [0.15, 0.2) is 0 Å². The highest BCUT2D eigenvalue weighted by Crippen LogP contribution is 2.11. The minimum atomic E-state index is 1.08. The van der Waals surface area contributed by atoms with Crippen LogP contribution in [0.2, 0.25) is 0 Å². The number of thiazole rings is 1. The second-order valence-electron chi connectivity index (χ2n) is 3.54. The molecule has 1 aromatic rings. The third-order valence-corrected chi connectivity index (χ3v) is 2.84. The third kappa shape index (κ3) is 3.87. The molecule has 1 heterocycles. The van der Waals surface area contributed by atoms with Gasteiger partial charge in [-0.25, -0.2) is 4.98 Å². The monoisotopic (exact) mass is 198 g/mol. The van der Waals surface area contributed by atoms with Crippen LogP contribution < -0.4 is 0 Å². The molecule has 0 saturated carbocycles. The Morgan fingerprint density at radius 3 is 2.77 bits per heavy atom. The highest BCUT2D eigenvalue weighted by Gasteiger charge is 2.01. The van der Waals surface area contributed by atoms with Gasteiger partial charge in [0.2, 0.25) is 0 Å². The molecular formula is C10H18N2S. The molecule has 0 radical (unpaired) electrons. The van der Waals surface area contributed by atoms with Crippen LogP contribution in [0.5, 0.6) is 0 Å². The van der Waals surface area contributed by atoms with E-state index in [2.05, 4.69) is 36.3 Å². The van der Waals surface area contributed by atoms with E-state index in [1.807, 2.05) is 0 Å². The van der Waals surface area contributed by atoms with Crippen LogP contribution in [-0.4, -0.2) is 30.5 Å². The summed E-state index contributed by atoms with van der Waals surface area (Å²) in [7, 11) is 4.20. The van der Waals surface area contributed by atoms with E-state index in [0.717, 1.165) is 19.4 Å². The summed E-state index contributed by atoms with van der Waals surface area (Å²) < 4.78 is 0. The molecular weight excluding hydrogens is 180 g/mol. The van der Waals surface area contributed by atoms with Gasteiger partial charge < -0.3 is 4.90 Å². The van der Waals surface area contributed by atoms with Crippen molar-refractivity contribution in [2.75, 3.05) is 20.6 Å². The molecule has 74 valence electrons. The maximum absolute atomic E-state index is 4.56. The summed E-state index contributed by atoms with van der Waals surface area (Å²) in [6, 6.07) is 0. The van der Waals surface area contributed by atoms with E-state index in [4.69, 9.17) is 0 Å². The Bertz CT molecular complexity index is 243. The van der Waals surface area contributed by atoms with Crippen molar-refractivity contribution in [2.24, 2.45) is 0 Å². The van der Waals surface area contributed by atoms with E-state index >= 15 is 0 Å². The highest BCUT2D eigenvalue weighted by atomic mass is 32.1. The Hall–Kier alpha value is -0.410. The van der Waals surface area contributed by atoms with Crippen molar-refractivity contribution >= 4 is 11.3 Å². The summed E-state index contributed by atoms with van der Waals surface area (Å²) in [5.74, 6) is 0. The van der Waals surface area contributed by atoms with Crippen molar-refractivity contribution in [2.45, 2.75) is 26.2 Å². The zero-order valence-corrected chi connectivity index (χ0v) is 9.52. The first-order valence-corrected chi connectivity index (χ1v) is 5.68.